The van der Waals surface area contributed by atoms with Gasteiger partial charge in [0.05, 0.1) is 13.2 Å². The Morgan fingerprint density at radius 1 is 1.29 bits per heavy atom. The fourth-order valence-corrected chi connectivity index (χ4v) is 3.18. The summed E-state index contributed by atoms with van der Waals surface area (Å²) in [5, 5.41) is 6.40. The summed E-state index contributed by atoms with van der Waals surface area (Å²) >= 11 is 0. The summed E-state index contributed by atoms with van der Waals surface area (Å²) < 4.78 is 5.37. The van der Waals surface area contributed by atoms with Gasteiger partial charge in [0, 0.05) is 44.3 Å². The SMILES string of the molecule is Cl.Cl.O=C(CC1COCCN1)NCC1CCN(c2ccccc2)C1. The molecule has 2 saturated heterocycles. The Balaban J connectivity index is 0.00000144. The Morgan fingerprint density at radius 2 is 2.08 bits per heavy atom. The summed E-state index contributed by atoms with van der Waals surface area (Å²) in [6, 6.07) is 10.7. The molecule has 0 aliphatic carbocycles. The number of benzene rings is 1. The zero-order chi connectivity index (χ0) is 15.2. The Morgan fingerprint density at radius 3 is 2.79 bits per heavy atom. The molecule has 0 radical (unpaired) electrons. The number of nitrogens with zero attached hydrogens (tertiary/aromatic N) is 1. The molecule has 0 aromatic heterocycles. The van der Waals surface area contributed by atoms with Gasteiger partial charge in [-0.25, -0.2) is 0 Å². The van der Waals surface area contributed by atoms with Gasteiger partial charge in [-0.3, -0.25) is 4.79 Å². The quantitative estimate of drug-likeness (QED) is 0.824. The summed E-state index contributed by atoms with van der Waals surface area (Å²) in [5.74, 6) is 0.667. The number of carbonyl (C=O) groups is 1. The normalized spacial score (nSPS) is 23.1. The number of hydrogen-bond donors (Lipinski definition) is 2. The number of para-hydroxylation sites is 1. The largest absolute Gasteiger partial charge is 0.378 e. The highest BCUT2D eigenvalue weighted by molar-refractivity contribution is 5.85. The Kier molecular flexibility index (Phi) is 9.44. The van der Waals surface area contributed by atoms with E-state index in [1.807, 2.05) is 6.07 Å². The van der Waals surface area contributed by atoms with Crippen LogP contribution in [0.5, 0.6) is 0 Å². The van der Waals surface area contributed by atoms with Crippen LogP contribution in [-0.4, -0.2) is 51.3 Å². The number of rotatable bonds is 5. The second-order valence-corrected chi connectivity index (χ2v) is 6.17. The van der Waals surface area contributed by atoms with Gasteiger partial charge < -0.3 is 20.3 Å². The average Bonchev–Trinajstić information content (AvgIpc) is 3.04. The molecule has 2 N–H and O–H groups in total. The number of morpholine rings is 1. The van der Waals surface area contributed by atoms with Crippen LogP contribution in [0.4, 0.5) is 5.69 Å². The fraction of sp³-hybridized carbons (Fsp3) is 0.588. The lowest BCUT2D eigenvalue weighted by molar-refractivity contribution is -0.122. The third kappa shape index (κ3) is 6.13. The average molecular weight is 376 g/mol. The van der Waals surface area contributed by atoms with Crippen LogP contribution in [0.2, 0.25) is 0 Å². The van der Waals surface area contributed by atoms with Gasteiger partial charge >= 0.3 is 0 Å². The summed E-state index contributed by atoms with van der Waals surface area (Å²) in [5.41, 5.74) is 1.28. The Hall–Kier alpha value is -1.01. The topological polar surface area (TPSA) is 53.6 Å². The van der Waals surface area contributed by atoms with Crippen molar-refractivity contribution in [3.05, 3.63) is 30.3 Å². The maximum Gasteiger partial charge on any atom is 0.221 e. The van der Waals surface area contributed by atoms with E-state index in [1.54, 1.807) is 0 Å². The molecule has 0 bridgehead atoms. The molecule has 1 aromatic rings. The maximum absolute atomic E-state index is 12.0. The van der Waals surface area contributed by atoms with E-state index in [4.69, 9.17) is 4.74 Å². The van der Waals surface area contributed by atoms with E-state index < -0.39 is 0 Å². The van der Waals surface area contributed by atoms with Crippen molar-refractivity contribution in [1.82, 2.24) is 10.6 Å². The third-order valence-corrected chi connectivity index (χ3v) is 4.43. The first kappa shape index (κ1) is 21.0. The van der Waals surface area contributed by atoms with E-state index >= 15 is 0 Å². The van der Waals surface area contributed by atoms with Crippen molar-refractivity contribution in [1.29, 1.82) is 0 Å². The van der Waals surface area contributed by atoms with Crippen LogP contribution in [0, 0.1) is 5.92 Å². The van der Waals surface area contributed by atoms with Gasteiger partial charge in [-0.1, -0.05) is 18.2 Å². The van der Waals surface area contributed by atoms with E-state index in [0.717, 1.165) is 39.2 Å². The number of nitrogens with one attached hydrogen (secondary N) is 2. The van der Waals surface area contributed by atoms with Crippen LogP contribution < -0.4 is 15.5 Å². The fourth-order valence-electron chi connectivity index (χ4n) is 3.18. The van der Waals surface area contributed by atoms with Crippen LogP contribution >= 0.6 is 24.8 Å². The lowest BCUT2D eigenvalue weighted by atomic mass is 10.1. The molecule has 2 aliphatic heterocycles. The molecule has 7 heteroatoms. The Labute approximate surface area is 156 Å². The molecule has 24 heavy (non-hydrogen) atoms. The highest BCUT2D eigenvalue weighted by atomic mass is 35.5. The molecule has 1 amide bonds. The van der Waals surface area contributed by atoms with Crippen LogP contribution in [0.3, 0.4) is 0 Å². The van der Waals surface area contributed by atoms with E-state index in [1.165, 1.54) is 5.69 Å². The van der Waals surface area contributed by atoms with Crippen molar-refractivity contribution in [2.75, 3.05) is 44.3 Å². The smallest absolute Gasteiger partial charge is 0.221 e. The number of ether oxygens (including phenoxy) is 1. The molecule has 2 unspecified atom stereocenters. The van der Waals surface area contributed by atoms with Gasteiger partial charge in [-0.15, -0.1) is 24.8 Å². The van der Waals surface area contributed by atoms with Crippen LogP contribution in [0.1, 0.15) is 12.8 Å². The molecule has 2 atom stereocenters. The lowest BCUT2D eigenvalue weighted by Gasteiger charge is -2.23. The van der Waals surface area contributed by atoms with Crippen molar-refractivity contribution in [3.63, 3.8) is 0 Å². The number of carbonyl (C=O) groups excluding carboxylic acids is 1. The first-order valence-electron chi connectivity index (χ1n) is 8.19. The van der Waals surface area contributed by atoms with Gasteiger partial charge in [0.25, 0.3) is 0 Å². The number of halogens is 2. The van der Waals surface area contributed by atoms with Crippen molar-refractivity contribution < 1.29 is 9.53 Å². The first-order valence-corrected chi connectivity index (χ1v) is 8.19. The third-order valence-electron chi connectivity index (χ3n) is 4.43. The number of amides is 1. The molecule has 1 aromatic carbocycles. The Bertz CT molecular complexity index is 484. The molecule has 0 spiro atoms. The molecule has 3 rings (SSSR count). The van der Waals surface area contributed by atoms with Gasteiger partial charge in [0.1, 0.15) is 0 Å². The first-order chi connectivity index (χ1) is 10.8. The lowest BCUT2D eigenvalue weighted by Crippen LogP contribution is -2.44. The summed E-state index contributed by atoms with van der Waals surface area (Å²) in [7, 11) is 0. The minimum atomic E-state index is 0. The van der Waals surface area contributed by atoms with Gasteiger partial charge in [-0.05, 0) is 24.5 Å². The molecular weight excluding hydrogens is 349 g/mol. The molecular formula is C17H27Cl2N3O2. The molecule has 2 aliphatic rings. The van der Waals surface area contributed by atoms with E-state index in [2.05, 4.69) is 39.8 Å². The van der Waals surface area contributed by atoms with Gasteiger partial charge in [-0.2, -0.15) is 0 Å². The van der Waals surface area contributed by atoms with Gasteiger partial charge in [0.2, 0.25) is 5.91 Å². The molecule has 136 valence electrons. The van der Waals surface area contributed by atoms with Crippen LogP contribution in [0.25, 0.3) is 0 Å². The molecule has 5 nitrogen and oxygen atoms in total. The number of anilines is 1. The minimum Gasteiger partial charge on any atom is -0.378 e. The highest BCUT2D eigenvalue weighted by Crippen LogP contribution is 2.22. The molecule has 2 heterocycles. The molecule has 0 saturated carbocycles. The van der Waals surface area contributed by atoms with Crippen molar-refractivity contribution in [3.8, 4) is 0 Å². The van der Waals surface area contributed by atoms with Crippen molar-refractivity contribution >= 4 is 36.4 Å². The monoisotopic (exact) mass is 375 g/mol. The standard InChI is InChI=1S/C17H25N3O2.2ClH/c21-17(10-15-13-22-9-7-18-15)19-11-14-6-8-20(12-14)16-4-2-1-3-5-16;;/h1-5,14-15,18H,6-13H2,(H,19,21);2*1H. The van der Waals surface area contributed by atoms with Crippen LogP contribution in [0.15, 0.2) is 30.3 Å². The van der Waals surface area contributed by atoms with Gasteiger partial charge in [0.15, 0.2) is 0 Å². The van der Waals surface area contributed by atoms with E-state index in [0.29, 0.717) is 18.9 Å². The van der Waals surface area contributed by atoms with Crippen molar-refractivity contribution in [2.45, 2.75) is 18.9 Å². The summed E-state index contributed by atoms with van der Waals surface area (Å²) in [6.45, 7) is 5.09. The minimum absolute atomic E-state index is 0. The van der Waals surface area contributed by atoms with E-state index in [9.17, 15) is 4.79 Å². The zero-order valence-electron chi connectivity index (χ0n) is 13.8. The number of hydrogen-bond acceptors (Lipinski definition) is 4. The summed E-state index contributed by atoms with van der Waals surface area (Å²) in [6.07, 6.45) is 1.65. The van der Waals surface area contributed by atoms with Crippen LogP contribution in [-0.2, 0) is 9.53 Å². The summed E-state index contributed by atoms with van der Waals surface area (Å²) in [4.78, 5) is 14.4. The second kappa shape index (κ2) is 10.8. The van der Waals surface area contributed by atoms with Crippen molar-refractivity contribution in [2.24, 2.45) is 5.92 Å². The predicted octanol–water partition coefficient (Wildman–Crippen LogP) is 1.85. The maximum atomic E-state index is 12.0. The highest BCUT2D eigenvalue weighted by Gasteiger charge is 2.23. The second-order valence-electron chi connectivity index (χ2n) is 6.17. The molecule has 2 fully saturated rings. The predicted molar refractivity (Wildman–Crippen MR) is 101 cm³/mol. The van der Waals surface area contributed by atoms with E-state index in [-0.39, 0.29) is 36.8 Å². The zero-order valence-corrected chi connectivity index (χ0v) is 15.4.